The minimum atomic E-state index is -0.970. The number of carbonyl (C=O) groups excluding carboxylic acids is 2. The van der Waals surface area contributed by atoms with Crippen LogP contribution in [0.2, 0.25) is 0 Å². The van der Waals surface area contributed by atoms with Crippen LogP contribution in [0.3, 0.4) is 0 Å². The summed E-state index contributed by atoms with van der Waals surface area (Å²) >= 11 is 0. The second-order valence-corrected chi connectivity index (χ2v) is 5.24. The van der Waals surface area contributed by atoms with Crippen molar-refractivity contribution in [2.75, 3.05) is 20.3 Å². The summed E-state index contributed by atoms with van der Waals surface area (Å²) in [4.78, 5) is 23.8. The lowest BCUT2D eigenvalue weighted by Crippen LogP contribution is -2.38. The molecule has 1 heterocycles. The van der Waals surface area contributed by atoms with Crippen LogP contribution in [-0.2, 0) is 10.3 Å². The molecule has 0 radical (unpaired) electrons. The standard InChI is InChI=1S/C15H20N2O5/c1-4-7-21-12-8-10(5-6-11(12)20-3)15(2)9-17(13(16)18)14(19)22-15/h5-6,8H,4,7,9H2,1-3H3,(H2,16,18). The molecule has 0 aliphatic carbocycles. The Morgan fingerprint density at radius 2 is 2.18 bits per heavy atom. The Hall–Kier alpha value is -2.44. The maximum absolute atomic E-state index is 11.7. The van der Waals surface area contributed by atoms with Crippen molar-refractivity contribution in [1.82, 2.24) is 4.90 Å². The fraction of sp³-hybridized carbons (Fsp3) is 0.467. The first-order valence-corrected chi connectivity index (χ1v) is 7.02. The topological polar surface area (TPSA) is 91.1 Å². The van der Waals surface area contributed by atoms with Crippen LogP contribution in [0.1, 0.15) is 25.8 Å². The zero-order valence-corrected chi connectivity index (χ0v) is 12.9. The van der Waals surface area contributed by atoms with E-state index in [4.69, 9.17) is 19.9 Å². The Labute approximate surface area is 128 Å². The number of benzene rings is 1. The second kappa shape index (κ2) is 6.13. The number of nitrogens with two attached hydrogens (primary N) is 1. The molecule has 1 aromatic rings. The Bertz CT molecular complexity index is 589. The lowest BCUT2D eigenvalue weighted by atomic mass is 9.95. The Morgan fingerprint density at radius 1 is 1.45 bits per heavy atom. The Kier molecular flexibility index (Phi) is 4.44. The van der Waals surface area contributed by atoms with Gasteiger partial charge in [-0.05, 0) is 25.5 Å². The average Bonchev–Trinajstić information content (AvgIpc) is 2.81. The molecule has 1 unspecified atom stereocenters. The number of urea groups is 1. The molecule has 7 heteroatoms. The molecule has 7 nitrogen and oxygen atoms in total. The number of cyclic esters (lactones) is 1. The molecule has 120 valence electrons. The van der Waals surface area contributed by atoms with Crippen LogP contribution in [0.25, 0.3) is 0 Å². The maximum Gasteiger partial charge on any atom is 0.419 e. The first kappa shape index (κ1) is 15.9. The number of imide groups is 1. The van der Waals surface area contributed by atoms with Gasteiger partial charge in [0, 0.05) is 5.56 Å². The Morgan fingerprint density at radius 3 is 2.73 bits per heavy atom. The summed E-state index contributed by atoms with van der Waals surface area (Å²) in [7, 11) is 1.56. The van der Waals surface area contributed by atoms with Gasteiger partial charge in [-0.3, -0.25) is 0 Å². The summed E-state index contributed by atoms with van der Waals surface area (Å²) in [6.07, 6.45) is 0.108. The summed E-state index contributed by atoms with van der Waals surface area (Å²) in [6.45, 7) is 4.32. The number of amides is 3. The molecule has 1 aliphatic heterocycles. The molecule has 1 fully saturated rings. The molecule has 0 aromatic heterocycles. The van der Waals surface area contributed by atoms with Crippen LogP contribution in [0, 0.1) is 0 Å². The maximum atomic E-state index is 11.7. The largest absolute Gasteiger partial charge is 0.493 e. The summed E-state index contributed by atoms with van der Waals surface area (Å²) in [5.74, 6) is 1.16. The first-order chi connectivity index (χ1) is 10.4. The molecule has 1 aromatic carbocycles. The molecule has 1 saturated heterocycles. The molecule has 22 heavy (non-hydrogen) atoms. The van der Waals surface area contributed by atoms with E-state index < -0.39 is 17.7 Å². The van der Waals surface area contributed by atoms with Gasteiger partial charge >= 0.3 is 12.1 Å². The van der Waals surface area contributed by atoms with E-state index in [9.17, 15) is 9.59 Å². The first-order valence-electron chi connectivity index (χ1n) is 7.02. The van der Waals surface area contributed by atoms with Gasteiger partial charge in [0.05, 0.1) is 20.3 Å². The SMILES string of the molecule is CCCOc1cc(C2(C)CN(C(N)=O)C(=O)O2)ccc1OC. The van der Waals surface area contributed by atoms with Gasteiger partial charge in [-0.1, -0.05) is 13.0 Å². The normalized spacial score (nSPS) is 20.7. The third-order valence-corrected chi connectivity index (χ3v) is 3.49. The number of methoxy groups -OCH3 is 1. The van der Waals surface area contributed by atoms with Gasteiger partial charge in [-0.2, -0.15) is 0 Å². The molecule has 1 aliphatic rings. The summed E-state index contributed by atoms with van der Waals surface area (Å²) < 4.78 is 16.2. The predicted molar refractivity (Wildman–Crippen MR) is 78.9 cm³/mol. The van der Waals surface area contributed by atoms with E-state index in [1.165, 1.54) is 0 Å². The van der Waals surface area contributed by atoms with E-state index in [1.54, 1.807) is 32.2 Å². The van der Waals surface area contributed by atoms with Crippen molar-refractivity contribution in [3.8, 4) is 11.5 Å². The molecule has 3 amide bonds. The van der Waals surface area contributed by atoms with Gasteiger partial charge in [-0.15, -0.1) is 0 Å². The zero-order valence-electron chi connectivity index (χ0n) is 12.9. The minimum Gasteiger partial charge on any atom is -0.493 e. The molecule has 2 rings (SSSR count). The van der Waals surface area contributed by atoms with Crippen LogP contribution >= 0.6 is 0 Å². The lowest BCUT2D eigenvalue weighted by Gasteiger charge is -2.23. The van der Waals surface area contributed by atoms with Crippen LogP contribution in [0.5, 0.6) is 11.5 Å². The van der Waals surface area contributed by atoms with Crippen molar-refractivity contribution >= 4 is 12.1 Å². The lowest BCUT2D eigenvalue weighted by molar-refractivity contribution is 0.0699. The molecule has 0 bridgehead atoms. The van der Waals surface area contributed by atoms with Crippen molar-refractivity contribution < 1.29 is 23.8 Å². The molecule has 0 spiro atoms. The number of hydrogen-bond donors (Lipinski definition) is 1. The van der Waals surface area contributed by atoms with Crippen LogP contribution in [-0.4, -0.2) is 37.3 Å². The molecular weight excluding hydrogens is 288 g/mol. The zero-order chi connectivity index (χ0) is 16.3. The number of rotatable bonds is 5. The third-order valence-electron chi connectivity index (χ3n) is 3.49. The van der Waals surface area contributed by atoms with E-state index in [1.807, 2.05) is 6.92 Å². The second-order valence-electron chi connectivity index (χ2n) is 5.24. The van der Waals surface area contributed by atoms with Crippen molar-refractivity contribution in [3.05, 3.63) is 23.8 Å². The fourth-order valence-corrected chi connectivity index (χ4v) is 2.29. The van der Waals surface area contributed by atoms with Gasteiger partial charge in [0.2, 0.25) is 0 Å². The summed E-state index contributed by atoms with van der Waals surface area (Å²) in [5, 5.41) is 0. The van der Waals surface area contributed by atoms with E-state index in [-0.39, 0.29) is 6.54 Å². The highest BCUT2D eigenvalue weighted by Gasteiger charge is 2.45. The summed E-state index contributed by atoms with van der Waals surface area (Å²) in [5.41, 5.74) is 4.91. The van der Waals surface area contributed by atoms with Crippen LogP contribution < -0.4 is 15.2 Å². The highest BCUT2D eigenvalue weighted by molar-refractivity contribution is 5.91. The van der Waals surface area contributed by atoms with Gasteiger partial charge in [0.25, 0.3) is 0 Å². The number of nitrogens with zero attached hydrogens (tertiary/aromatic N) is 1. The molecular formula is C15H20N2O5. The predicted octanol–water partition coefficient (Wildman–Crippen LogP) is 2.23. The van der Waals surface area contributed by atoms with Crippen molar-refractivity contribution in [3.63, 3.8) is 0 Å². The monoisotopic (exact) mass is 308 g/mol. The van der Waals surface area contributed by atoms with Gasteiger partial charge in [-0.25, -0.2) is 14.5 Å². The van der Waals surface area contributed by atoms with Crippen molar-refractivity contribution in [2.45, 2.75) is 25.9 Å². The van der Waals surface area contributed by atoms with E-state index >= 15 is 0 Å². The van der Waals surface area contributed by atoms with Crippen molar-refractivity contribution in [1.29, 1.82) is 0 Å². The van der Waals surface area contributed by atoms with E-state index in [2.05, 4.69) is 0 Å². The van der Waals surface area contributed by atoms with Gasteiger partial charge < -0.3 is 19.9 Å². The fourth-order valence-electron chi connectivity index (χ4n) is 2.29. The molecule has 0 saturated carbocycles. The van der Waals surface area contributed by atoms with Gasteiger partial charge in [0.15, 0.2) is 17.1 Å². The summed E-state index contributed by atoms with van der Waals surface area (Å²) in [6, 6.07) is 4.44. The smallest absolute Gasteiger partial charge is 0.419 e. The van der Waals surface area contributed by atoms with E-state index in [0.29, 0.717) is 23.7 Å². The number of ether oxygens (including phenoxy) is 3. The van der Waals surface area contributed by atoms with Crippen LogP contribution in [0.4, 0.5) is 9.59 Å². The minimum absolute atomic E-state index is 0.0563. The number of hydrogen-bond acceptors (Lipinski definition) is 5. The van der Waals surface area contributed by atoms with Gasteiger partial charge in [0.1, 0.15) is 0 Å². The quantitative estimate of drug-likeness (QED) is 0.900. The third kappa shape index (κ3) is 2.93. The Balaban J connectivity index is 2.32. The van der Waals surface area contributed by atoms with Crippen molar-refractivity contribution in [2.24, 2.45) is 5.73 Å². The average molecular weight is 308 g/mol. The molecule has 2 N–H and O–H groups in total. The van der Waals surface area contributed by atoms with E-state index in [0.717, 1.165) is 11.3 Å². The number of carbonyl (C=O) groups is 2. The molecule has 1 atom stereocenters. The highest BCUT2D eigenvalue weighted by atomic mass is 16.6. The van der Waals surface area contributed by atoms with Crippen LogP contribution in [0.15, 0.2) is 18.2 Å². The highest BCUT2D eigenvalue weighted by Crippen LogP contribution is 2.37. The number of primary amides is 1.